The lowest BCUT2D eigenvalue weighted by atomic mass is 10.1. The van der Waals surface area contributed by atoms with Gasteiger partial charge in [0.1, 0.15) is 18.8 Å². The molecule has 1 aliphatic rings. The molecule has 2 rings (SSSR count). The summed E-state index contributed by atoms with van der Waals surface area (Å²) < 4.78 is 10.7. The zero-order chi connectivity index (χ0) is 9.31. The normalized spacial score (nSPS) is 19.2. The summed E-state index contributed by atoms with van der Waals surface area (Å²) in [6, 6.07) is 7.32. The Morgan fingerprint density at radius 2 is 1.62 bits per heavy atom. The molecule has 1 N–H and O–H groups in total. The molecule has 0 spiro atoms. The van der Waals surface area contributed by atoms with Crippen LogP contribution in [0.5, 0.6) is 11.5 Å². The third-order valence-corrected chi connectivity index (χ3v) is 1.84. The van der Waals surface area contributed by atoms with Crippen LogP contribution in [0, 0.1) is 6.92 Å². The maximum atomic E-state index is 9.57. The summed E-state index contributed by atoms with van der Waals surface area (Å²) in [5.74, 6) is 1.31. The number of ether oxygens (including phenoxy) is 2. The molecular weight excluding hydrogens is 168 g/mol. The van der Waals surface area contributed by atoms with Gasteiger partial charge in [-0.1, -0.05) is 12.1 Å². The van der Waals surface area contributed by atoms with E-state index in [0.717, 1.165) is 0 Å². The number of para-hydroxylation sites is 2. The predicted molar refractivity (Wildman–Crippen MR) is 47.7 cm³/mol. The van der Waals surface area contributed by atoms with Crippen LogP contribution in [0.4, 0.5) is 0 Å². The van der Waals surface area contributed by atoms with Gasteiger partial charge in [-0.2, -0.15) is 0 Å². The Labute approximate surface area is 76.9 Å². The third kappa shape index (κ3) is 1.75. The molecule has 0 saturated heterocycles. The zero-order valence-electron chi connectivity index (χ0n) is 7.19. The number of hydrogen-bond donors (Lipinski definition) is 1. The fraction of sp³-hybridized carbons (Fsp3) is 0.300. The average molecular weight is 179 g/mol. The second kappa shape index (κ2) is 2.92. The van der Waals surface area contributed by atoms with Crippen molar-refractivity contribution < 1.29 is 14.6 Å². The van der Waals surface area contributed by atoms with Crippen molar-refractivity contribution in [1.29, 1.82) is 0 Å². The minimum atomic E-state index is -1.15. The summed E-state index contributed by atoms with van der Waals surface area (Å²) in [7, 11) is 0. The Hall–Kier alpha value is -1.22. The van der Waals surface area contributed by atoms with Crippen molar-refractivity contribution in [2.45, 2.75) is 5.60 Å². The predicted octanol–water partition coefficient (Wildman–Crippen LogP) is 1.02. The molecule has 3 heteroatoms. The van der Waals surface area contributed by atoms with Crippen LogP contribution in [-0.2, 0) is 0 Å². The van der Waals surface area contributed by atoms with Crippen LogP contribution in [-0.4, -0.2) is 23.9 Å². The molecule has 0 amide bonds. The zero-order valence-corrected chi connectivity index (χ0v) is 7.19. The van der Waals surface area contributed by atoms with E-state index in [1.54, 1.807) is 12.1 Å². The standard InChI is InChI=1S/C10H11O3/c1-10(11)6-12-8-4-2-3-5-9(8)13-7-10/h2-5,11H,1,6-7H2. The lowest BCUT2D eigenvalue weighted by molar-refractivity contribution is 0.0103. The Kier molecular flexibility index (Phi) is 1.88. The van der Waals surface area contributed by atoms with E-state index in [2.05, 4.69) is 6.92 Å². The van der Waals surface area contributed by atoms with Crippen LogP contribution in [0.2, 0.25) is 0 Å². The van der Waals surface area contributed by atoms with Gasteiger partial charge in [-0.05, 0) is 19.1 Å². The monoisotopic (exact) mass is 179 g/mol. The van der Waals surface area contributed by atoms with E-state index >= 15 is 0 Å². The van der Waals surface area contributed by atoms with E-state index in [9.17, 15) is 5.11 Å². The minimum absolute atomic E-state index is 0.157. The van der Waals surface area contributed by atoms with Crippen molar-refractivity contribution in [3.05, 3.63) is 31.2 Å². The molecule has 0 saturated carbocycles. The number of aliphatic hydroxyl groups is 1. The van der Waals surface area contributed by atoms with E-state index in [-0.39, 0.29) is 13.2 Å². The first kappa shape index (κ1) is 8.38. The fourth-order valence-electron chi connectivity index (χ4n) is 1.15. The smallest absolute Gasteiger partial charge is 0.161 e. The van der Waals surface area contributed by atoms with Gasteiger partial charge in [0.25, 0.3) is 0 Å². The van der Waals surface area contributed by atoms with E-state index < -0.39 is 5.60 Å². The molecule has 3 nitrogen and oxygen atoms in total. The van der Waals surface area contributed by atoms with Gasteiger partial charge in [-0.3, -0.25) is 0 Å². The first-order valence-corrected chi connectivity index (χ1v) is 4.10. The third-order valence-electron chi connectivity index (χ3n) is 1.84. The Morgan fingerprint density at radius 3 is 2.08 bits per heavy atom. The molecule has 0 atom stereocenters. The SMILES string of the molecule is [CH2]C1(O)COc2ccccc2OC1. The van der Waals surface area contributed by atoms with Gasteiger partial charge in [0, 0.05) is 0 Å². The van der Waals surface area contributed by atoms with Gasteiger partial charge in [-0.25, -0.2) is 0 Å². The highest BCUT2D eigenvalue weighted by Gasteiger charge is 2.26. The molecule has 0 aliphatic carbocycles. The topological polar surface area (TPSA) is 38.7 Å². The summed E-state index contributed by atoms with van der Waals surface area (Å²) >= 11 is 0. The van der Waals surface area contributed by atoms with E-state index in [1.165, 1.54) is 0 Å². The molecule has 0 aromatic heterocycles. The second-order valence-corrected chi connectivity index (χ2v) is 3.25. The first-order chi connectivity index (χ1) is 6.17. The van der Waals surface area contributed by atoms with Crippen molar-refractivity contribution in [3.63, 3.8) is 0 Å². The van der Waals surface area contributed by atoms with Gasteiger partial charge < -0.3 is 14.6 Å². The van der Waals surface area contributed by atoms with Crippen molar-refractivity contribution in [3.8, 4) is 11.5 Å². The summed E-state index contributed by atoms with van der Waals surface area (Å²) in [6.45, 7) is 3.89. The molecule has 0 fully saturated rings. The molecule has 1 radical (unpaired) electrons. The van der Waals surface area contributed by atoms with Gasteiger partial charge in [0.05, 0.1) is 0 Å². The average Bonchev–Trinajstić information content (AvgIpc) is 2.27. The Bertz CT molecular complexity index is 278. The lowest BCUT2D eigenvalue weighted by Gasteiger charge is -2.18. The molecule has 1 heterocycles. The number of benzene rings is 1. The number of hydrogen-bond acceptors (Lipinski definition) is 3. The van der Waals surface area contributed by atoms with Gasteiger partial charge >= 0.3 is 0 Å². The molecule has 1 aliphatic heterocycles. The molecule has 1 aromatic carbocycles. The van der Waals surface area contributed by atoms with Crippen molar-refractivity contribution in [1.82, 2.24) is 0 Å². The highest BCUT2D eigenvalue weighted by Crippen LogP contribution is 2.30. The summed E-state index contributed by atoms with van der Waals surface area (Å²) in [6.07, 6.45) is 0. The van der Waals surface area contributed by atoms with Crippen molar-refractivity contribution >= 4 is 0 Å². The Morgan fingerprint density at radius 1 is 1.15 bits per heavy atom. The van der Waals surface area contributed by atoms with Crippen molar-refractivity contribution in [2.24, 2.45) is 0 Å². The number of fused-ring (bicyclic) bond motifs is 1. The maximum Gasteiger partial charge on any atom is 0.161 e. The van der Waals surface area contributed by atoms with Gasteiger partial charge in [0.15, 0.2) is 11.5 Å². The van der Waals surface area contributed by atoms with Gasteiger partial charge in [0.2, 0.25) is 0 Å². The van der Waals surface area contributed by atoms with Crippen LogP contribution >= 0.6 is 0 Å². The van der Waals surface area contributed by atoms with E-state index in [1.807, 2.05) is 12.1 Å². The first-order valence-electron chi connectivity index (χ1n) is 4.10. The van der Waals surface area contributed by atoms with Crippen LogP contribution in [0.1, 0.15) is 0 Å². The van der Waals surface area contributed by atoms with Crippen LogP contribution in [0.15, 0.2) is 24.3 Å². The molecule has 1 aromatic rings. The largest absolute Gasteiger partial charge is 0.487 e. The molecule has 0 bridgehead atoms. The van der Waals surface area contributed by atoms with E-state index in [0.29, 0.717) is 11.5 Å². The summed E-state index contributed by atoms with van der Waals surface area (Å²) in [4.78, 5) is 0. The summed E-state index contributed by atoms with van der Waals surface area (Å²) in [5.41, 5.74) is -1.15. The molecule has 0 unspecified atom stereocenters. The quantitative estimate of drug-likeness (QED) is 0.646. The second-order valence-electron chi connectivity index (χ2n) is 3.25. The maximum absolute atomic E-state index is 9.57. The molecule has 13 heavy (non-hydrogen) atoms. The molecular formula is C10H11O3. The highest BCUT2D eigenvalue weighted by atomic mass is 16.6. The van der Waals surface area contributed by atoms with Crippen molar-refractivity contribution in [2.75, 3.05) is 13.2 Å². The highest BCUT2D eigenvalue weighted by molar-refractivity contribution is 5.40. The van der Waals surface area contributed by atoms with Gasteiger partial charge in [-0.15, -0.1) is 0 Å². The summed E-state index contributed by atoms with van der Waals surface area (Å²) in [5, 5.41) is 9.57. The lowest BCUT2D eigenvalue weighted by Crippen LogP contribution is -2.37. The van der Waals surface area contributed by atoms with Crippen LogP contribution in [0.25, 0.3) is 0 Å². The Balaban J connectivity index is 2.27. The molecule has 69 valence electrons. The number of rotatable bonds is 0. The van der Waals surface area contributed by atoms with Crippen LogP contribution < -0.4 is 9.47 Å². The van der Waals surface area contributed by atoms with Crippen LogP contribution in [0.3, 0.4) is 0 Å². The van der Waals surface area contributed by atoms with E-state index in [4.69, 9.17) is 9.47 Å². The fourth-order valence-corrected chi connectivity index (χ4v) is 1.15. The minimum Gasteiger partial charge on any atom is -0.487 e.